The summed E-state index contributed by atoms with van der Waals surface area (Å²) >= 11 is 0. The second-order valence-electron chi connectivity index (χ2n) is 5.44. The lowest BCUT2D eigenvalue weighted by atomic mass is 9.88. The standard InChI is InChI=1S/C15H26O5/c1-2-3-9-19-14(17)7-8-15(18)20-11-12-5-4-6-13(16)10-12/h12-13,16H,2-11H2,1H3. The summed E-state index contributed by atoms with van der Waals surface area (Å²) in [5, 5.41) is 9.52. The molecule has 0 aromatic heterocycles. The first kappa shape index (κ1) is 17.0. The Bertz CT molecular complexity index is 303. The summed E-state index contributed by atoms with van der Waals surface area (Å²) in [4.78, 5) is 22.8. The van der Waals surface area contributed by atoms with E-state index in [2.05, 4.69) is 0 Å². The molecule has 5 heteroatoms. The topological polar surface area (TPSA) is 72.8 Å². The predicted octanol–water partition coefficient (Wildman–Crippen LogP) is 2.20. The van der Waals surface area contributed by atoms with Crippen molar-refractivity contribution in [2.24, 2.45) is 5.92 Å². The van der Waals surface area contributed by atoms with E-state index in [-0.39, 0.29) is 36.8 Å². The quantitative estimate of drug-likeness (QED) is 0.547. The maximum atomic E-state index is 11.5. The van der Waals surface area contributed by atoms with Gasteiger partial charge in [-0.2, -0.15) is 0 Å². The molecule has 0 saturated heterocycles. The maximum absolute atomic E-state index is 11.5. The van der Waals surface area contributed by atoms with Crippen molar-refractivity contribution in [1.82, 2.24) is 0 Å². The molecule has 116 valence electrons. The molecule has 0 amide bonds. The molecule has 5 nitrogen and oxygen atoms in total. The number of hydrogen-bond donors (Lipinski definition) is 1. The average molecular weight is 286 g/mol. The van der Waals surface area contributed by atoms with E-state index in [9.17, 15) is 14.7 Å². The Morgan fingerprint density at radius 1 is 1.15 bits per heavy atom. The van der Waals surface area contributed by atoms with Gasteiger partial charge in [0.1, 0.15) is 0 Å². The van der Waals surface area contributed by atoms with E-state index < -0.39 is 0 Å². The van der Waals surface area contributed by atoms with Crippen LogP contribution >= 0.6 is 0 Å². The van der Waals surface area contributed by atoms with E-state index in [1.54, 1.807) is 0 Å². The SMILES string of the molecule is CCCCOC(=O)CCC(=O)OCC1CCCC(O)C1. The summed E-state index contributed by atoms with van der Waals surface area (Å²) in [5.41, 5.74) is 0. The minimum absolute atomic E-state index is 0.0697. The first-order valence-corrected chi connectivity index (χ1v) is 7.61. The van der Waals surface area contributed by atoms with Gasteiger partial charge in [-0.15, -0.1) is 0 Å². The van der Waals surface area contributed by atoms with Crippen LogP contribution in [0.5, 0.6) is 0 Å². The van der Waals surface area contributed by atoms with E-state index in [1.807, 2.05) is 6.92 Å². The number of hydrogen-bond acceptors (Lipinski definition) is 5. The zero-order valence-corrected chi connectivity index (χ0v) is 12.3. The van der Waals surface area contributed by atoms with E-state index in [0.717, 1.165) is 32.1 Å². The molecule has 20 heavy (non-hydrogen) atoms. The van der Waals surface area contributed by atoms with Crippen LogP contribution in [0.15, 0.2) is 0 Å². The summed E-state index contributed by atoms with van der Waals surface area (Å²) in [7, 11) is 0. The van der Waals surface area contributed by atoms with Crippen molar-refractivity contribution in [3.63, 3.8) is 0 Å². The van der Waals surface area contributed by atoms with Gasteiger partial charge in [-0.25, -0.2) is 0 Å². The number of ether oxygens (including phenoxy) is 2. The van der Waals surface area contributed by atoms with Crippen LogP contribution in [0.4, 0.5) is 0 Å². The molecule has 1 aliphatic rings. The molecule has 2 unspecified atom stereocenters. The fraction of sp³-hybridized carbons (Fsp3) is 0.867. The molecule has 1 aliphatic carbocycles. The number of aliphatic hydroxyl groups is 1. The summed E-state index contributed by atoms with van der Waals surface area (Å²) in [6, 6.07) is 0. The summed E-state index contributed by atoms with van der Waals surface area (Å²) in [6.07, 6.45) is 5.22. The fourth-order valence-electron chi connectivity index (χ4n) is 2.30. The van der Waals surface area contributed by atoms with Gasteiger partial charge in [0, 0.05) is 0 Å². The summed E-state index contributed by atoms with van der Waals surface area (Å²) in [6.45, 7) is 2.79. The molecule has 0 aromatic rings. The van der Waals surface area contributed by atoms with Gasteiger partial charge >= 0.3 is 11.9 Å². The Balaban J connectivity index is 2.06. The van der Waals surface area contributed by atoms with Crippen molar-refractivity contribution < 1.29 is 24.2 Å². The Morgan fingerprint density at radius 2 is 1.85 bits per heavy atom. The van der Waals surface area contributed by atoms with E-state index in [0.29, 0.717) is 19.6 Å². The van der Waals surface area contributed by atoms with Gasteiger partial charge in [-0.05, 0) is 31.6 Å². The Morgan fingerprint density at radius 3 is 2.50 bits per heavy atom. The fourth-order valence-corrected chi connectivity index (χ4v) is 2.30. The van der Waals surface area contributed by atoms with Crippen LogP contribution in [-0.4, -0.2) is 36.4 Å². The van der Waals surface area contributed by atoms with Crippen LogP contribution in [-0.2, 0) is 19.1 Å². The van der Waals surface area contributed by atoms with Crippen LogP contribution in [0.25, 0.3) is 0 Å². The van der Waals surface area contributed by atoms with Crippen LogP contribution < -0.4 is 0 Å². The Kier molecular flexibility index (Phi) is 8.26. The molecule has 0 spiro atoms. The average Bonchev–Trinajstić information content (AvgIpc) is 2.43. The molecule has 0 aromatic carbocycles. The van der Waals surface area contributed by atoms with Gasteiger partial charge < -0.3 is 14.6 Å². The van der Waals surface area contributed by atoms with Crippen molar-refractivity contribution in [2.75, 3.05) is 13.2 Å². The van der Waals surface area contributed by atoms with Crippen molar-refractivity contribution in [2.45, 2.75) is 64.4 Å². The van der Waals surface area contributed by atoms with Gasteiger partial charge in [0.2, 0.25) is 0 Å². The van der Waals surface area contributed by atoms with Gasteiger partial charge in [0.25, 0.3) is 0 Å². The molecule has 0 aliphatic heterocycles. The molecule has 0 heterocycles. The minimum Gasteiger partial charge on any atom is -0.466 e. The largest absolute Gasteiger partial charge is 0.466 e. The smallest absolute Gasteiger partial charge is 0.306 e. The van der Waals surface area contributed by atoms with Crippen LogP contribution in [0.2, 0.25) is 0 Å². The van der Waals surface area contributed by atoms with Crippen LogP contribution in [0.1, 0.15) is 58.3 Å². The zero-order chi connectivity index (χ0) is 14.8. The number of carbonyl (C=O) groups excluding carboxylic acids is 2. The van der Waals surface area contributed by atoms with Crippen LogP contribution in [0, 0.1) is 5.92 Å². The molecular formula is C15H26O5. The van der Waals surface area contributed by atoms with Gasteiger partial charge in [0.15, 0.2) is 0 Å². The monoisotopic (exact) mass is 286 g/mol. The molecule has 1 N–H and O–H groups in total. The molecular weight excluding hydrogens is 260 g/mol. The number of carbonyl (C=O) groups is 2. The first-order valence-electron chi connectivity index (χ1n) is 7.61. The third-order valence-corrected chi connectivity index (χ3v) is 3.53. The van der Waals surface area contributed by atoms with E-state index in [1.165, 1.54) is 0 Å². The number of aliphatic hydroxyl groups excluding tert-OH is 1. The van der Waals surface area contributed by atoms with Crippen LogP contribution in [0.3, 0.4) is 0 Å². The van der Waals surface area contributed by atoms with Crippen molar-refractivity contribution in [3.05, 3.63) is 0 Å². The highest BCUT2D eigenvalue weighted by molar-refractivity contribution is 5.77. The van der Waals surface area contributed by atoms with Crippen molar-refractivity contribution >= 4 is 11.9 Å². The van der Waals surface area contributed by atoms with Gasteiger partial charge in [-0.3, -0.25) is 9.59 Å². The molecule has 0 radical (unpaired) electrons. The lowest BCUT2D eigenvalue weighted by molar-refractivity contribution is -0.151. The predicted molar refractivity (Wildman–Crippen MR) is 74.0 cm³/mol. The number of rotatable bonds is 8. The lowest BCUT2D eigenvalue weighted by Crippen LogP contribution is -2.24. The molecule has 1 fully saturated rings. The second kappa shape index (κ2) is 9.75. The normalized spacial score (nSPS) is 22.3. The van der Waals surface area contributed by atoms with Crippen molar-refractivity contribution in [3.8, 4) is 0 Å². The highest BCUT2D eigenvalue weighted by Gasteiger charge is 2.21. The number of esters is 2. The lowest BCUT2D eigenvalue weighted by Gasteiger charge is -2.25. The molecule has 1 saturated carbocycles. The zero-order valence-electron chi connectivity index (χ0n) is 12.3. The number of unbranched alkanes of at least 4 members (excludes halogenated alkanes) is 1. The molecule has 2 atom stereocenters. The maximum Gasteiger partial charge on any atom is 0.306 e. The second-order valence-corrected chi connectivity index (χ2v) is 5.44. The van der Waals surface area contributed by atoms with E-state index in [4.69, 9.17) is 9.47 Å². The third kappa shape index (κ3) is 7.48. The van der Waals surface area contributed by atoms with Gasteiger partial charge in [0.05, 0.1) is 32.2 Å². The van der Waals surface area contributed by atoms with Gasteiger partial charge in [-0.1, -0.05) is 19.8 Å². The highest BCUT2D eigenvalue weighted by atomic mass is 16.5. The summed E-state index contributed by atoms with van der Waals surface area (Å²) in [5.74, 6) is -0.458. The molecule has 0 bridgehead atoms. The summed E-state index contributed by atoms with van der Waals surface area (Å²) < 4.78 is 10.1. The minimum atomic E-state index is -0.363. The third-order valence-electron chi connectivity index (χ3n) is 3.53. The van der Waals surface area contributed by atoms with Crippen molar-refractivity contribution in [1.29, 1.82) is 0 Å². The Hall–Kier alpha value is -1.10. The molecule has 1 rings (SSSR count). The van der Waals surface area contributed by atoms with E-state index >= 15 is 0 Å². The Labute approximate surface area is 120 Å². The first-order chi connectivity index (χ1) is 9.61. The highest BCUT2D eigenvalue weighted by Crippen LogP contribution is 2.24.